The molecule has 5 nitrogen and oxygen atoms in total. The zero-order chi connectivity index (χ0) is 18.2. The summed E-state index contributed by atoms with van der Waals surface area (Å²) in [5, 5.41) is 3.49. The van der Waals surface area contributed by atoms with Crippen molar-refractivity contribution in [3.8, 4) is 0 Å². The molecule has 0 bridgehead atoms. The summed E-state index contributed by atoms with van der Waals surface area (Å²) in [5.41, 5.74) is 2.72. The highest BCUT2D eigenvalue weighted by atomic mass is 16.5. The second kappa shape index (κ2) is 9.93. The van der Waals surface area contributed by atoms with Gasteiger partial charge in [-0.05, 0) is 36.8 Å². The molecular weight excluding hydrogens is 324 g/mol. The average molecular weight is 359 g/mol. The lowest BCUT2D eigenvalue weighted by molar-refractivity contribution is 0.0341. The van der Waals surface area contributed by atoms with E-state index in [4.69, 9.17) is 9.73 Å². The first-order valence-corrected chi connectivity index (χ1v) is 10.2. The molecule has 0 spiro atoms. The number of aliphatic imine (C=N–C) groups is 1. The predicted octanol–water partition coefficient (Wildman–Crippen LogP) is 2.72. The van der Waals surface area contributed by atoms with Gasteiger partial charge in [0.1, 0.15) is 0 Å². The first-order chi connectivity index (χ1) is 12.8. The summed E-state index contributed by atoms with van der Waals surface area (Å²) < 4.78 is 5.47. The number of likely N-dealkylation sites (tertiary alicyclic amines) is 1. The van der Waals surface area contributed by atoms with E-state index in [0.29, 0.717) is 0 Å². The third-order valence-electron chi connectivity index (χ3n) is 5.31. The molecule has 144 valence electrons. The van der Waals surface area contributed by atoms with Crippen LogP contribution in [-0.2, 0) is 17.8 Å². The van der Waals surface area contributed by atoms with Crippen LogP contribution in [0, 0.1) is 5.92 Å². The van der Waals surface area contributed by atoms with E-state index in [9.17, 15) is 0 Å². The Balaban J connectivity index is 1.68. The average Bonchev–Trinajstić information content (AvgIpc) is 2.67. The largest absolute Gasteiger partial charge is 0.379 e. The van der Waals surface area contributed by atoms with E-state index in [1.807, 2.05) is 0 Å². The summed E-state index contributed by atoms with van der Waals surface area (Å²) in [6, 6.07) is 8.74. The second-order valence-corrected chi connectivity index (χ2v) is 7.52. The monoisotopic (exact) mass is 358 g/mol. The van der Waals surface area contributed by atoms with Gasteiger partial charge < -0.3 is 15.0 Å². The van der Waals surface area contributed by atoms with Gasteiger partial charge in [-0.2, -0.15) is 0 Å². The van der Waals surface area contributed by atoms with Gasteiger partial charge in [-0.15, -0.1) is 0 Å². The molecule has 0 amide bonds. The van der Waals surface area contributed by atoms with Crippen molar-refractivity contribution in [1.82, 2.24) is 15.1 Å². The Morgan fingerprint density at radius 1 is 1.19 bits per heavy atom. The van der Waals surface area contributed by atoms with Crippen LogP contribution in [0.1, 0.15) is 37.8 Å². The van der Waals surface area contributed by atoms with Crippen LogP contribution >= 0.6 is 0 Å². The van der Waals surface area contributed by atoms with E-state index in [1.54, 1.807) is 0 Å². The van der Waals surface area contributed by atoms with E-state index in [2.05, 4.69) is 53.2 Å². The highest BCUT2D eigenvalue weighted by Crippen LogP contribution is 2.17. The summed E-state index contributed by atoms with van der Waals surface area (Å²) in [4.78, 5) is 9.89. The van der Waals surface area contributed by atoms with Crippen molar-refractivity contribution < 1.29 is 4.74 Å². The molecule has 1 atom stereocenters. The summed E-state index contributed by atoms with van der Waals surface area (Å²) in [6.45, 7) is 13.1. The molecule has 2 aliphatic rings. The van der Waals surface area contributed by atoms with Crippen molar-refractivity contribution in [2.45, 2.75) is 39.8 Å². The molecule has 0 radical (unpaired) electrons. The normalized spacial score (nSPS) is 22.5. The van der Waals surface area contributed by atoms with Crippen LogP contribution in [0.2, 0.25) is 0 Å². The minimum Gasteiger partial charge on any atom is -0.379 e. The second-order valence-electron chi connectivity index (χ2n) is 7.52. The number of benzene rings is 1. The third-order valence-corrected chi connectivity index (χ3v) is 5.31. The number of nitrogens with zero attached hydrogens (tertiary/aromatic N) is 3. The standard InChI is InChI=1S/C21H34N4O/c1-3-22-21(25-10-6-7-18(2)16-25)23-15-19-8-4-5-9-20(19)17-24-11-13-26-14-12-24/h4-5,8-9,18H,3,6-7,10-17H2,1-2H3,(H,22,23). The number of morpholine rings is 1. The minimum atomic E-state index is 0.744. The van der Waals surface area contributed by atoms with Gasteiger partial charge in [0.15, 0.2) is 5.96 Å². The highest BCUT2D eigenvalue weighted by molar-refractivity contribution is 5.80. The van der Waals surface area contributed by atoms with Crippen LogP contribution in [0.4, 0.5) is 0 Å². The summed E-state index contributed by atoms with van der Waals surface area (Å²) in [5.74, 6) is 1.82. The Morgan fingerprint density at radius 2 is 1.96 bits per heavy atom. The Kier molecular flexibility index (Phi) is 7.32. The van der Waals surface area contributed by atoms with Gasteiger partial charge >= 0.3 is 0 Å². The number of ether oxygens (including phenoxy) is 1. The van der Waals surface area contributed by atoms with Crippen molar-refractivity contribution in [1.29, 1.82) is 0 Å². The summed E-state index contributed by atoms with van der Waals surface area (Å²) in [7, 11) is 0. The predicted molar refractivity (Wildman–Crippen MR) is 107 cm³/mol. The molecule has 2 heterocycles. The van der Waals surface area contributed by atoms with Gasteiger partial charge in [0.05, 0.1) is 19.8 Å². The van der Waals surface area contributed by atoms with Crippen molar-refractivity contribution in [3.63, 3.8) is 0 Å². The number of rotatable bonds is 5. The van der Waals surface area contributed by atoms with Crippen LogP contribution in [0.5, 0.6) is 0 Å². The molecule has 0 aliphatic carbocycles. The highest BCUT2D eigenvalue weighted by Gasteiger charge is 2.19. The fourth-order valence-electron chi connectivity index (χ4n) is 3.83. The maximum Gasteiger partial charge on any atom is 0.194 e. The number of hydrogen-bond donors (Lipinski definition) is 1. The fourth-order valence-corrected chi connectivity index (χ4v) is 3.83. The SMILES string of the molecule is CCNC(=NCc1ccccc1CN1CCOCC1)N1CCCC(C)C1. The van der Waals surface area contributed by atoms with Gasteiger partial charge in [-0.3, -0.25) is 4.90 Å². The molecule has 2 fully saturated rings. The van der Waals surface area contributed by atoms with Crippen LogP contribution in [-0.4, -0.2) is 61.7 Å². The van der Waals surface area contributed by atoms with Gasteiger partial charge in [-0.1, -0.05) is 31.2 Å². The first-order valence-electron chi connectivity index (χ1n) is 10.2. The number of piperidine rings is 1. The van der Waals surface area contributed by atoms with Crippen molar-refractivity contribution in [2.24, 2.45) is 10.9 Å². The van der Waals surface area contributed by atoms with Crippen LogP contribution < -0.4 is 5.32 Å². The molecule has 26 heavy (non-hydrogen) atoms. The van der Waals surface area contributed by atoms with Crippen LogP contribution in [0.15, 0.2) is 29.3 Å². The van der Waals surface area contributed by atoms with Crippen molar-refractivity contribution >= 4 is 5.96 Å². The number of hydrogen-bond acceptors (Lipinski definition) is 3. The number of guanidine groups is 1. The fraction of sp³-hybridized carbons (Fsp3) is 0.667. The maximum absolute atomic E-state index is 5.47. The molecule has 0 saturated carbocycles. The van der Waals surface area contributed by atoms with Gasteiger partial charge in [-0.25, -0.2) is 4.99 Å². The van der Waals surface area contributed by atoms with Gasteiger partial charge in [0.2, 0.25) is 0 Å². The lowest BCUT2D eigenvalue weighted by atomic mass is 10.0. The van der Waals surface area contributed by atoms with Gasteiger partial charge in [0, 0.05) is 39.3 Å². The molecule has 1 unspecified atom stereocenters. The van der Waals surface area contributed by atoms with Crippen LogP contribution in [0.3, 0.4) is 0 Å². The van der Waals surface area contributed by atoms with E-state index in [1.165, 1.54) is 24.0 Å². The van der Waals surface area contributed by atoms with E-state index < -0.39 is 0 Å². The molecule has 3 rings (SSSR count). The Labute approximate surface area is 158 Å². The third kappa shape index (κ3) is 5.45. The smallest absolute Gasteiger partial charge is 0.194 e. The topological polar surface area (TPSA) is 40.1 Å². The van der Waals surface area contributed by atoms with E-state index >= 15 is 0 Å². The Hall–Kier alpha value is -1.59. The van der Waals surface area contributed by atoms with Gasteiger partial charge in [0.25, 0.3) is 0 Å². The Bertz CT molecular complexity index is 583. The quantitative estimate of drug-likeness (QED) is 0.649. The molecular formula is C21H34N4O. The Morgan fingerprint density at radius 3 is 2.69 bits per heavy atom. The van der Waals surface area contributed by atoms with Crippen LogP contribution in [0.25, 0.3) is 0 Å². The lowest BCUT2D eigenvalue weighted by Gasteiger charge is -2.33. The summed E-state index contributed by atoms with van der Waals surface area (Å²) >= 11 is 0. The van der Waals surface area contributed by atoms with Crippen molar-refractivity contribution in [2.75, 3.05) is 45.9 Å². The molecule has 2 aliphatic heterocycles. The van der Waals surface area contributed by atoms with E-state index in [0.717, 1.165) is 70.9 Å². The zero-order valence-electron chi connectivity index (χ0n) is 16.4. The summed E-state index contributed by atoms with van der Waals surface area (Å²) in [6.07, 6.45) is 2.59. The molecule has 1 N–H and O–H groups in total. The molecule has 5 heteroatoms. The molecule has 1 aromatic rings. The first kappa shape index (κ1) is 19.2. The number of nitrogens with one attached hydrogen (secondary N) is 1. The van der Waals surface area contributed by atoms with E-state index in [-0.39, 0.29) is 0 Å². The molecule has 1 aromatic carbocycles. The minimum absolute atomic E-state index is 0.744. The maximum atomic E-state index is 5.47. The van der Waals surface area contributed by atoms with Crippen molar-refractivity contribution in [3.05, 3.63) is 35.4 Å². The lowest BCUT2D eigenvalue weighted by Crippen LogP contribution is -2.46. The zero-order valence-corrected chi connectivity index (χ0v) is 16.4. The molecule has 2 saturated heterocycles. The molecule has 0 aromatic heterocycles.